The van der Waals surface area contributed by atoms with Crippen molar-refractivity contribution in [3.63, 3.8) is 0 Å². The van der Waals surface area contributed by atoms with Crippen molar-refractivity contribution >= 4 is 16.8 Å². The topological polar surface area (TPSA) is 38.0 Å². The van der Waals surface area contributed by atoms with E-state index in [1.807, 2.05) is 48.9 Å². The van der Waals surface area contributed by atoms with Crippen LogP contribution in [-0.2, 0) is 11.8 Å². The summed E-state index contributed by atoms with van der Waals surface area (Å²) in [7, 11) is 1.95. The van der Waals surface area contributed by atoms with Crippen molar-refractivity contribution in [1.82, 2.24) is 4.57 Å². The van der Waals surface area contributed by atoms with Gasteiger partial charge in [0.15, 0.2) is 0 Å². The summed E-state index contributed by atoms with van der Waals surface area (Å²) in [4.78, 5) is 0. The standard InChI is InChI=1S/C12H14N2O/c1-3-15-12(13)11-8-9-6-4-5-7-10(9)14(11)2/h4-8,13H,3H2,1-2H3. The first kappa shape index (κ1) is 9.77. The summed E-state index contributed by atoms with van der Waals surface area (Å²) < 4.78 is 7.18. The second kappa shape index (κ2) is 3.77. The molecule has 2 rings (SSSR count). The van der Waals surface area contributed by atoms with Gasteiger partial charge in [0.05, 0.1) is 6.61 Å². The molecule has 0 amide bonds. The Balaban J connectivity index is 2.53. The Morgan fingerprint density at radius 1 is 1.40 bits per heavy atom. The molecule has 0 aliphatic heterocycles. The first-order valence-corrected chi connectivity index (χ1v) is 5.00. The molecule has 15 heavy (non-hydrogen) atoms. The van der Waals surface area contributed by atoms with E-state index < -0.39 is 0 Å². The van der Waals surface area contributed by atoms with E-state index in [1.54, 1.807) is 0 Å². The third-order valence-corrected chi connectivity index (χ3v) is 2.47. The van der Waals surface area contributed by atoms with Crippen molar-refractivity contribution in [3.8, 4) is 0 Å². The van der Waals surface area contributed by atoms with Gasteiger partial charge in [0, 0.05) is 18.0 Å². The maximum atomic E-state index is 7.76. The number of hydrogen-bond acceptors (Lipinski definition) is 2. The van der Waals surface area contributed by atoms with Crippen LogP contribution in [0.15, 0.2) is 30.3 Å². The lowest BCUT2D eigenvalue weighted by molar-refractivity contribution is 0.323. The molecule has 1 aromatic carbocycles. The summed E-state index contributed by atoms with van der Waals surface area (Å²) >= 11 is 0. The van der Waals surface area contributed by atoms with Gasteiger partial charge in [0.2, 0.25) is 5.90 Å². The molecule has 0 radical (unpaired) electrons. The Morgan fingerprint density at radius 2 is 2.13 bits per heavy atom. The normalized spacial score (nSPS) is 10.5. The Kier molecular flexibility index (Phi) is 2.46. The number of ether oxygens (including phenoxy) is 1. The molecule has 0 aliphatic carbocycles. The zero-order valence-electron chi connectivity index (χ0n) is 8.95. The lowest BCUT2D eigenvalue weighted by atomic mass is 10.2. The van der Waals surface area contributed by atoms with Gasteiger partial charge in [-0.2, -0.15) is 0 Å². The fourth-order valence-electron chi connectivity index (χ4n) is 1.73. The molecule has 0 saturated heterocycles. The van der Waals surface area contributed by atoms with Gasteiger partial charge in [-0.1, -0.05) is 18.2 Å². The number of nitrogens with one attached hydrogen (secondary N) is 1. The van der Waals surface area contributed by atoms with Crippen LogP contribution in [-0.4, -0.2) is 17.1 Å². The van der Waals surface area contributed by atoms with Crippen LogP contribution in [0.5, 0.6) is 0 Å². The van der Waals surface area contributed by atoms with Gasteiger partial charge >= 0.3 is 0 Å². The van der Waals surface area contributed by atoms with Crippen LogP contribution in [0.2, 0.25) is 0 Å². The minimum absolute atomic E-state index is 0.233. The van der Waals surface area contributed by atoms with Crippen molar-refractivity contribution in [1.29, 1.82) is 5.41 Å². The van der Waals surface area contributed by atoms with Gasteiger partial charge in [-0.25, -0.2) is 0 Å². The highest BCUT2D eigenvalue weighted by Crippen LogP contribution is 2.18. The summed E-state index contributed by atoms with van der Waals surface area (Å²) in [6.07, 6.45) is 0. The van der Waals surface area contributed by atoms with Gasteiger partial charge in [0.1, 0.15) is 5.69 Å². The zero-order valence-corrected chi connectivity index (χ0v) is 8.95. The van der Waals surface area contributed by atoms with Crippen molar-refractivity contribution in [2.45, 2.75) is 6.92 Å². The molecule has 1 N–H and O–H groups in total. The van der Waals surface area contributed by atoms with E-state index in [4.69, 9.17) is 10.1 Å². The smallest absolute Gasteiger partial charge is 0.230 e. The summed E-state index contributed by atoms with van der Waals surface area (Å²) in [6.45, 7) is 2.41. The average molecular weight is 202 g/mol. The molecule has 0 atom stereocenters. The molecule has 0 spiro atoms. The van der Waals surface area contributed by atoms with Gasteiger partial charge in [-0.05, 0) is 19.1 Å². The number of hydrogen-bond donors (Lipinski definition) is 1. The first-order chi connectivity index (χ1) is 7.24. The number of rotatable bonds is 2. The summed E-state index contributed by atoms with van der Waals surface area (Å²) in [5.41, 5.74) is 1.94. The van der Waals surface area contributed by atoms with Gasteiger partial charge in [-0.15, -0.1) is 0 Å². The molecule has 3 heteroatoms. The largest absolute Gasteiger partial charge is 0.477 e. The van der Waals surface area contributed by atoms with E-state index in [0.717, 1.165) is 16.6 Å². The SMILES string of the molecule is CCOC(=N)c1cc2ccccc2n1C. The number of aromatic nitrogens is 1. The van der Waals surface area contributed by atoms with E-state index in [2.05, 4.69) is 0 Å². The van der Waals surface area contributed by atoms with E-state index in [1.165, 1.54) is 0 Å². The first-order valence-electron chi connectivity index (χ1n) is 5.00. The highest BCUT2D eigenvalue weighted by Gasteiger charge is 2.09. The number of fused-ring (bicyclic) bond motifs is 1. The lowest BCUT2D eigenvalue weighted by Gasteiger charge is -2.05. The molecule has 3 nitrogen and oxygen atoms in total. The second-order valence-corrected chi connectivity index (χ2v) is 3.41. The Hall–Kier alpha value is -1.77. The van der Waals surface area contributed by atoms with Crippen molar-refractivity contribution in [3.05, 3.63) is 36.0 Å². The Labute approximate surface area is 88.8 Å². The minimum Gasteiger partial charge on any atom is -0.477 e. The van der Waals surface area contributed by atoms with Crippen LogP contribution in [0.4, 0.5) is 0 Å². The van der Waals surface area contributed by atoms with Crippen molar-refractivity contribution < 1.29 is 4.74 Å². The number of benzene rings is 1. The zero-order chi connectivity index (χ0) is 10.8. The third kappa shape index (κ3) is 1.61. The number of aryl methyl sites for hydroxylation is 1. The molecule has 1 aromatic heterocycles. The van der Waals surface area contributed by atoms with Crippen LogP contribution in [0.25, 0.3) is 10.9 Å². The van der Waals surface area contributed by atoms with Crippen molar-refractivity contribution in [2.24, 2.45) is 7.05 Å². The molecule has 2 aromatic rings. The fourth-order valence-corrected chi connectivity index (χ4v) is 1.73. The molecule has 0 saturated carbocycles. The van der Waals surface area contributed by atoms with Gasteiger partial charge < -0.3 is 9.30 Å². The van der Waals surface area contributed by atoms with Crippen LogP contribution in [0.1, 0.15) is 12.6 Å². The fraction of sp³-hybridized carbons (Fsp3) is 0.250. The van der Waals surface area contributed by atoms with Gasteiger partial charge in [-0.3, -0.25) is 5.41 Å². The summed E-state index contributed by atoms with van der Waals surface area (Å²) in [5.74, 6) is 0.233. The van der Waals surface area contributed by atoms with Crippen LogP contribution < -0.4 is 0 Å². The lowest BCUT2D eigenvalue weighted by Crippen LogP contribution is -2.09. The Morgan fingerprint density at radius 3 is 2.80 bits per heavy atom. The van der Waals surface area contributed by atoms with Crippen LogP contribution in [0, 0.1) is 5.41 Å². The van der Waals surface area contributed by atoms with E-state index in [0.29, 0.717) is 6.61 Å². The third-order valence-electron chi connectivity index (χ3n) is 2.47. The average Bonchev–Trinajstić information content (AvgIpc) is 2.57. The van der Waals surface area contributed by atoms with Gasteiger partial charge in [0.25, 0.3) is 0 Å². The summed E-state index contributed by atoms with van der Waals surface area (Å²) in [5, 5.41) is 8.90. The quantitative estimate of drug-likeness (QED) is 0.589. The predicted octanol–water partition coefficient (Wildman–Crippen LogP) is 2.54. The number of nitrogens with zero attached hydrogens (tertiary/aromatic N) is 1. The van der Waals surface area contributed by atoms with Crippen LogP contribution >= 0.6 is 0 Å². The molecule has 0 aliphatic rings. The molecular weight excluding hydrogens is 188 g/mol. The van der Waals surface area contributed by atoms with E-state index in [-0.39, 0.29) is 5.90 Å². The van der Waals surface area contributed by atoms with Crippen LogP contribution in [0.3, 0.4) is 0 Å². The number of para-hydroxylation sites is 1. The highest BCUT2D eigenvalue weighted by atomic mass is 16.5. The molecule has 0 bridgehead atoms. The molecule has 0 unspecified atom stereocenters. The maximum Gasteiger partial charge on any atom is 0.230 e. The Bertz CT molecular complexity index is 499. The molecular formula is C12H14N2O. The minimum atomic E-state index is 0.233. The highest BCUT2D eigenvalue weighted by molar-refractivity contribution is 5.96. The monoisotopic (exact) mass is 202 g/mol. The van der Waals surface area contributed by atoms with Crippen molar-refractivity contribution in [2.75, 3.05) is 6.61 Å². The molecule has 1 heterocycles. The summed E-state index contributed by atoms with van der Waals surface area (Å²) in [6, 6.07) is 10.1. The molecule has 0 fully saturated rings. The van der Waals surface area contributed by atoms with E-state index in [9.17, 15) is 0 Å². The predicted molar refractivity (Wildman–Crippen MR) is 61.4 cm³/mol. The maximum absolute atomic E-state index is 7.76. The van der Waals surface area contributed by atoms with E-state index >= 15 is 0 Å². The molecule has 78 valence electrons. The second-order valence-electron chi connectivity index (χ2n) is 3.41.